The Morgan fingerprint density at radius 2 is 1.87 bits per heavy atom. The highest BCUT2D eigenvalue weighted by atomic mass is 79.9. The van der Waals surface area contributed by atoms with Gasteiger partial charge in [-0.1, -0.05) is 15.9 Å². The van der Waals surface area contributed by atoms with E-state index in [1.54, 1.807) is 17.0 Å². The van der Waals surface area contributed by atoms with Crippen LogP contribution in [-0.2, 0) is 21.2 Å². The normalized spacial score (nSPS) is 20.5. The van der Waals surface area contributed by atoms with Crippen molar-refractivity contribution in [2.75, 3.05) is 36.1 Å². The summed E-state index contributed by atoms with van der Waals surface area (Å²) in [5, 5.41) is 0. The van der Waals surface area contributed by atoms with Crippen LogP contribution in [0.1, 0.15) is 31.4 Å². The number of piperidine rings is 1. The minimum atomic E-state index is -3.13. The van der Waals surface area contributed by atoms with Crippen LogP contribution in [-0.4, -0.2) is 56.5 Å². The third-order valence-electron chi connectivity index (χ3n) is 5.79. The molecule has 0 bridgehead atoms. The Morgan fingerprint density at radius 3 is 2.55 bits per heavy atom. The zero-order chi connectivity index (χ0) is 21.8. The number of ether oxygens (including phenoxy) is 1. The van der Waals surface area contributed by atoms with Gasteiger partial charge in [0.15, 0.2) is 22.3 Å². The van der Waals surface area contributed by atoms with E-state index in [9.17, 15) is 13.2 Å². The van der Waals surface area contributed by atoms with Crippen molar-refractivity contribution < 1.29 is 22.4 Å². The molecule has 1 amide bonds. The van der Waals surface area contributed by atoms with E-state index in [2.05, 4.69) is 20.8 Å². The van der Waals surface area contributed by atoms with E-state index < -0.39 is 9.84 Å². The number of furan rings is 1. The van der Waals surface area contributed by atoms with Gasteiger partial charge in [0.2, 0.25) is 0 Å². The second-order valence-electron chi connectivity index (χ2n) is 8.11. The maximum atomic E-state index is 13.0. The molecule has 1 atom stereocenters. The fourth-order valence-electron chi connectivity index (χ4n) is 4.10. The van der Waals surface area contributed by atoms with Crippen molar-refractivity contribution in [3.63, 3.8) is 0 Å². The van der Waals surface area contributed by atoms with Crippen LogP contribution in [0.3, 0.4) is 0 Å². The molecule has 2 aliphatic rings. The van der Waals surface area contributed by atoms with Gasteiger partial charge in [0.25, 0.3) is 5.91 Å². The van der Waals surface area contributed by atoms with Crippen molar-refractivity contribution in [2.24, 2.45) is 0 Å². The molecule has 9 heteroatoms. The van der Waals surface area contributed by atoms with E-state index in [1.807, 2.05) is 24.3 Å². The summed E-state index contributed by atoms with van der Waals surface area (Å²) in [4.78, 5) is 16.9. The monoisotopic (exact) mass is 510 g/mol. The molecular formula is C22H27BrN2O5S. The highest BCUT2D eigenvalue weighted by Gasteiger charge is 2.35. The molecule has 0 aliphatic carbocycles. The molecule has 1 aromatic heterocycles. The molecular weight excluding hydrogens is 484 g/mol. The smallest absolute Gasteiger partial charge is 0.261 e. The second kappa shape index (κ2) is 9.65. The summed E-state index contributed by atoms with van der Waals surface area (Å²) in [6, 6.07) is 10.7. The molecule has 0 spiro atoms. The first-order chi connectivity index (χ1) is 14.9. The van der Waals surface area contributed by atoms with Crippen LogP contribution in [0.25, 0.3) is 0 Å². The fourth-order valence-corrected chi connectivity index (χ4v) is 6.10. The van der Waals surface area contributed by atoms with Crippen LogP contribution in [0.5, 0.6) is 5.75 Å². The van der Waals surface area contributed by atoms with Crippen molar-refractivity contribution in [2.45, 2.75) is 38.3 Å². The molecule has 1 aromatic carbocycles. The Hall–Kier alpha value is -2.00. The quantitative estimate of drug-likeness (QED) is 0.565. The summed E-state index contributed by atoms with van der Waals surface area (Å²) in [7, 11) is -3.13. The zero-order valence-corrected chi connectivity index (χ0v) is 19.7. The maximum absolute atomic E-state index is 13.0. The van der Waals surface area contributed by atoms with E-state index >= 15 is 0 Å². The number of sulfone groups is 1. The number of carbonyl (C=O) groups excluding carboxylic acids is 1. The van der Waals surface area contributed by atoms with Crippen molar-refractivity contribution in [1.29, 1.82) is 0 Å². The van der Waals surface area contributed by atoms with Crippen molar-refractivity contribution in [3.8, 4) is 5.75 Å². The van der Waals surface area contributed by atoms with Gasteiger partial charge in [0.1, 0.15) is 11.5 Å². The highest BCUT2D eigenvalue weighted by Crippen LogP contribution is 2.26. The third kappa shape index (κ3) is 5.83. The van der Waals surface area contributed by atoms with Crippen molar-refractivity contribution in [3.05, 3.63) is 46.6 Å². The van der Waals surface area contributed by atoms with Gasteiger partial charge >= 0.3 is 0 Å². The number of benzene rings is 1. The van der Waals surface area contributed by atoms with Crippen LogP contribution >= 0.6 is 15.9 Å². The second-order valence-corrected chi connectivity index (χ2v) is 11.3. The molecule has 3 heterocycles. The Labute approximate surface area is 191 Å². The predicted octanol–water partition coefficient (Wildman–Crippen LogP) is 3.63. The Balaban J connectivity index is 1.45. The summed E-state index contributed by atoms with van der Waals surface area (Å²) < 4.78 is 36.7. The molecule has 1 unspecified atom stereocenters. The largest absolute Gasteiger partial charge is 0.484 e. The van der Waals surface area contributed by atoms with Gasteiger partial charge in [0.05, 0.1) is 18.1 Å². The molecule has 2 aliphatic heterocycles. The highest BCUT2D eigenvalue weighted by molar-refractivity contribution is 9.10. The number of rotatable bonds is 7. The topological polar surface area (TPSA) is 80.1 Å². The Morgan fingerprint density at radius 1 is 1.13 bits per heavy atom. The van der Waals surface area contributed by atoms with E-state index in [0.29, 0.717) is 17.9 Å². The number of hydrogen-bond acceptors (Lipinski definition) is 6. The number of amides is 1. The number of halogens is 1. The SMILES string of the molecule is O=C(COc1ccc(Br)cc1)N(Cc1ccc(N2CCCCC2)o1)C1CCS(=O)(=O)C1. The van der Waals surface area contributed by atoms with Crippen LogP contribution in [0.4, 0.5) is 5.88 Å². The van der Waals surface area contributed by atoms with E-state index in [0.717, 1.165) is 36.3 Å². The van der Waals surface area contributed by atoms with E-state index in [1.165, 1.54) is 6.42 Å². The van der Waals surface area contributed by atoms with Crippen molar-refractivity contribution in [1.82, 2.24) is 4.90 Å². The van der Waals surface area contributed by atoms with Crippen molar-refractivity contribution >= 4 is 37.6 Å². The summed E-state index contributed by atoms with van der Waals surface area (Å²) in [6.07, 6.45) is 3.97. The van der Waals surface area contributed by atoms with Gasteiger partial charge in [-0.2, -0.15) is 0 Å². The van der Waals surface area contributed by atoms with Crippen LogP contribution < -0.4 is 9.64 Å². The number of anilines is 1. The molecule has 2 saturated heterocycles. The van der Waals surface area contributed by atoms with Gasteiger partial charge < -0.3 is 19.0 Å². The van der Waals surface area contributed by atoms with Gasteiger partial charge in [-0.25, -0.2) is 8.42 Å². The van der Waals surface area contributed by atoms with Gasteiger partial charge in [0, 0.05) is 29.7 Å². The Kier molecular flexibility index (Phi) is 6.91. The number of nitrogens with zero attached hydrogens (tertiary/aromatic N) is 2. The molecule has 31 heavy (non-hydrogen) atoms. The fraction of sp³-hybridized carbons (Fsp3) is 0.500. The first kappa shape index (κ1) is 22.2. The average Bonchev–Trinajstić information content (AvgIpc) is 3.38. The summed E-state index contributed by atoms with van der Waals surface area (Å²) >= 11 is 3.37. The van der Waals surface area contributed by atoms with Gasteiger partial charge in [-0.15, -0.1) is 0 Å². The Bertz CT molecular complexity index is 999. The number of carbonyl (C=O) groups is 1. The molecule has 7 nitrogen and oxygen atoms in total. The minimum Gasteiger partial charge on any atom is -0.484 e. The summed E-state index contributed by atoms with van der Waals surface area (Å²) in [5.41, 5.74) is 0. The summed E-state index contributed by atoms with van der Waals surface area (Å²) in [5.74, 6) is 1.89. The molecule has 4 rings (SSSR count). The molecule has 0 saturated carbocycles. The lowest BCUT2D eigenvalue weighted by molar-refractivity contribution is -0.136. The van der Waals surface area contributed by atoms with E-state index in [4.69, 9.17) is 9.15 Å². The minimum absolute atomic E-state index is 0.0171. The van der Waals surface area contributed by atoms with Crippen LogP contribution in [0.15, 0.2) is 45.3 Å². The van der Waals surface area contributed by atoms with Crippen LogP contribution in [0.2, 0.25) is 0 Å². The molecule has 0 radical (unpaired) electrons. The molecule has 168 valence electrons. The molecule has 0 N–H and O–H groups in total. The van der Waals surface area contributed by atoms with Gasteiger partial charge in [-0.3, -0.25) is 4.79 Å². The van der Waals surface area contributed by atoms with Crippen LogP contribution in [0, 0.1) is 0 Å². The lowest BCUT2D eigenvalue weighted by atomic mass is 10.1. The zero-order valence-electron chi connectivity index (χ0n) is 17.3. The molecule has 2 fully saturated rings. The molecule has 2 aromatic rings. The lowest BCUT2D eigenvalue weighted by Gasteiger charge is -2.28. The predicted molar refractivity (Wildman–Crippen MR) is 122 cm³/mol. The lowest BCUT2D eigenvalue weighted by Crippen LogP contribution is -2.43. The summed E-state index contributed by atoms with van der Waals surface area (Å²) in [6.45, 7) is 2.02. The standard InChI is InChI=1S/C22H27BrN2O5S/c23-17-4-6-19(7-5-17)29-15-21(26)25(18-10-13-31(27,28)16-18)14-20-8-9-22(30-20)24-11-2-1-3-12-24/h4-9,18H,1-3,10-16H2. The van der Waals surface area contributed by atoms with Gasteiger partial charge in [-0.05, 0) is 56.0 Å². The third-order valence-corrected chi connectivity index (χ3v) is 8.07. The first-order valence-electron chi connectivity index (χ1n) is 10.6. The maximum Gasteiger partial charge on any atom is 0.261 e. The average molecular weight is 511 g/mol. The number of hydrogen-bond donors (Lipinski definition) is 0. The first-order valence-corrected chi connectivity index (χ1v) is 13.2. The van der Waals surface area contributed by atoms with E-state index in [-0.39, 0.29) is 36.6 Å².